The monoisotopic (exact) mass is 458 g/mol. The number of nitrogens with one attached hydrogen (secondary N) is 1. The highest BCUT2D eigenvalue weighted by Crippen LogP contribution is 2.34. The normalized spacial score (nSPS) is 17.9. The number of hydrogen-bond acceptors (Lipinski definition) is 5. The number of morpholine rings is 1. The van der Waals surface area contributed by atoms with Crippen LogP contribution in [0, 0.1) is 5.92 Å². The molecule has 1 heterocycles. The van der Waals surface area contributed by atoms with Crippen LogP contribution in [-0.4, -0.2) is 44.9 Å². The summed E-state index contributed by atoms with van der Waals surface area (Å²) in [6, 6.07) is 13.8. The molecule has 0 unspecified atom stereocenters. The van der Waals surface area contributed by atoms with E-state index in [-0.39, 0.29) is 10.8 Å². The fourth-order valence-electron chi connectivity index (χ4n) is 4.25. The summed E-state index contributed by atoms with van der Waals surface area (Å²) < 4.78 is 38.9. The van der Waals surface area contributed by atoms with Gasteiger partial charge in [0.05, 0.1) is 23.8 Å². The number of sulfonamides is 1. The Morgan fingerprint density at radius 1 is 1.06 bits per heavy atom. The average Bonchev–Trinajstić information content (AvgIpc) is 3.34. The topological polar surface area (TPSA) is 84.9 Å². The van der Waals surface area contributed by atoms with Crippen LogP contribution in [0.25, 0.3) is 0 Å². The molecule has 0 aromatic heterocycles. The number of rotatable bonds is 8. The molecule has 2 aromatic carbocycles. The zero-order valence-corrected chi connectivity index (χ0v) is 19.0. The molecule has 0 bridgehead atoms. The minimum atomic E-state index is -3.69. The zero-order valence-electron chi connectivity index (χ0n) is 18.2. The van der Waals surface area contributed by atoms with Gasteiger partial charge in [0, 0.05) is 19.5 Å². The summed E-state index contributed by atoms with van der Waals surface area (Å²) in [6.45, 7) is 1.37. The first-order valence-electron chi connectivity index (χ1n) is 11.3. The van der Waals surface area contributed by atoms with Gasteiger partial charge in [-0.3, -0.25) is 4.79 Å². The second-order valence-electron chi connectivity index (χ2n) is 8.33. The molecule has 1 N–H and O–H groups in total. The average molecular weight is 459 g/mol. The van der Waals surface area contributed by atoms with Crippen LogP contribution in [0.4, 0.5) is 5.69 Å². The van der Waals surface area contributed by atoms with E-state index in [2.05, 4.69) is 5.32 Å². The quantitative estimate of drug-likeness (QED) is 0.633. The third kappa shape index (κ3) is 5.68. The Morgan fingerprint density at radius 2 is 1.78 bits per heavy atom. The lowest BCUT2D eigenvalue weighted by Crippen LogP contribution is -2.40. The van der Waals surface area contributed by atoms with Gasteiger partial charge in [0.15, 0.2) is 5.75 Å². The number of carbonyl (C=O) groups is 1. The second kappa shape index (κ2) is 10.5. The van der Waals surface area contributed by atoms with E-state index in [1.807, 2.05) is 30.3 Å². The van der Waals surface area contributed by atoms with Gasteiger partial charge in [0.25, 0.3) is 0 Å². The minimum Gasteiger partial charge on any atom is -0.455 e. The highest BCUT2D eigenvalue weighted by atomic mass is 32.2. The molecule has 0 atom stereocenters. The van der Waals surface area contributed by atoms with E-state index in [0.29, 0.717) is 55.8 Å². The lowest BCUT2D eigenvalue weighted by atomic mass is 10.0. The van der Waals surface area contributed by atoms with Gasteiger partial charge in [-0.2, -0.15) is 4.31 Å². The molecule has 172 valence electrons. The predicted molar refractivity (Wildman–Crippen MR) is 122 cm³/mol. The third-order valence-electron chi connectivity index (χ3n) is 6.06. The van der Waals surface area contributed by atoms with Crippen LogP contribution in [0.15, 0.2) is 53.4 Å². The molecule has 1 aliphatic heterocycles. The standard InChI is InChI=1S/C24H30N2O5S/c27-24(13-10-19-6-4-5-7-19)25-22-18-21(32(28,29)26-14-16-30-17-15-26)11-12-23(22)31-20-8-2-1-3-9-20/h1-3,8-9,11-12,18-19H,4-7,10,13-17H2,(H,25,27). The molecular weight excluding hydrogens is 428 g/mol. The second-order valence-corrected chi connectivity index (χ2v) is 10.3. The number of anilines is 1. The van der Waals surface area contributed by atoms with Crippen molar-refractivity contribution in [3.63, 3.8) is 0 Å². The van der Waals surface area contributed by atoms with E-state index < -0.39 is 10.0 Å². The Morgan fingerprint density at radius 3 is 2.50 bits per heavy atom. The summed E-state index contributed by atoms with van der Waals surface area (Å²) in [6.07, 6.45) is 6.11. The van der Waals surface area contributed by atoms with Gasteiger partial charge in [0.1, 0.15) is 5.75 Å². The zero-order chi connectivity index (χ0) is 22.4. The molecule has 8 heteroatoms. The van der Waals surface area contributed by atoms with Crippen molar-refractivity contribution in [2.45, 2.75) is 43.4 Å². The number of carbonyl (C=O) groups excluding carboxylic acids is 1. The lowest BCUT2D eigenvalue weighted by molar-refractivity contribution is -0.116. The first-order chi connectivity index (χ1) is 15.5. The Bertz CT molecular complexity index is 1010. The Labute approximate surface area is 189 Å². The maximum absolute atomic E-state index is 13.1. The van der Waals surface area contributed by atoms with Gasteiger partial charge in [-0.05, 0) is 42.7 Å². The van der Waals surface area contributed by atoms with Crippen molar-refractivity contribution in [3.8, 4) is 11.5 Å². The van der Waals surface area contributed by atoms with Gasteiger partial charge in [-0.1, -0.05) is 43.9 Å². The van der Waals surface area contributed by atoms with Crippen molar-refractivity contribution < 1.29 is 22.7 Å². The summed E-state index contributed by atoms with van der Waals surface area (Å²) in [7, 11) is -3.69. The largest absolute Gasteiger partial charge is 0.455 e. The minimum absolute atomic E-state index is 0.129. The van der Waals surface area contributed by atoms with Crippen molar-refractivity contribution in [1.29, 1.82) is 0 Å². The number of benzene rings is 2. The van der Waals surface area contributed by atoms with Crippen molar-refractivity contribution >= 4 is 21.6 Å². The van der Waals surface area contributed by atoms with E-state index in [0.717, 1.165) is 6.42 Å². The Kier molecular flexibility index (Phi) is 7.44. The Balaban J connectivity index is 1.56. The molecule has 4 rings (SSSR count). The summed E-state index contributed by atoms with van der Waals surface area (Å²) in [5.74, 6) is 1.49. The van der Waals surface area contributed by atoms with E-state index in [4.69, 9.17) is 9.47 Å². The van der Waals surface area contributed by atoms with E-state index in [1.165, 1.54) is 42.1 Å². The number of nitrogens with zero attached hydrogens (tertiary/aromatic N) is 1. The third-order valence-corrected chi connectivity index (χ3v) is 7.95. The van der Waals surface area contributed by atoms with Crippen LogP contribution in [0.1, 0.15) is 38.5 Å². The van der Waals surface area contributed by atoms with Crippen LogP contribution in [0.5, 0.6) is 11.5 Å². The maximum atomic E-state index is 13.1. The SMILES string of the molecule is O=C(CCC1CCCC1)Nc1cc(S(=O)(=O)N2CCOCC2)ccc1Oc1ccccc1. The smallest absolute Gasteiger partial charge is 0.243 e. The molecule has 0 radical (unpaired) electrons. The predicted octanol–water partition coefficient (Wildman–Crippen LogP) is 4.41. The molecule has 2 fully saturated rings. The molecule has 1 saturated carbocycles. The molecule has 1 aliphatic carbocycles. The van der Waals surface area contributed by atoms with Gasteiger partial charge >= 0.3 is 0 Å². The van der Waals surface area contributed by atoms with E-state index in [1.54, 1.807) is 6.07 Å². The summed E-state index contributed by atoms with van der Waals surface area (Å²) in [4.78, 5) is 12.8. The van der Waals surface area contributed by atoms with Gasteiger partial charge < -0.3 is 14.8 Å². The number of ether oxygens (including phenoxy) is 2. The van der Waals surface area contributed by atoms with Crippen LogP contribution >= 0.6 is 0 Å². The van der Waals surface area contributed by atoms with Gasteiger partial charge in [0.2, 0.25) is 15.9 Å². The van der Waals surface area contributed by atoms with E-state index in [9.17, 15) is 13.2 Å². The lowest BCUT2D eigenvalue weighted by Gasteiger charge is -2.26. The van der Waals surface area contributed by atoms with Crippen molar-refractivity contribution in [2.75, 3.05) is 31.6 Å². The summed E-state index contributed by atoms with van der Waals surface area (Å²) in [5.41, 5.74) is 0.361. The molecular formula is C24H30N2O5S. The highest BCUT2D eigenvalue weighted by Gasteiger charge is 2.27. The molecule has 1 amide bonds. The molecule has 7 nitrogen and oxygen atoms in total. The van der Waals surface area contributed by atoms with Crippen LogP contribution in [0.2, 0.25) is 0 Å². The van der Waals surface area contributed by atoms with Gasteiger partial charge in [-0.25, -0.2) is 8.42 Å². The fourth-order valence-corrected chi connectivity index (χ4v) is 5.69. The van der Waals surface area contributed by atoms with Crippen LogP contribution < -0.4 is 10.1 Å². The maximum Gasteiger partial charge on any atom is 0.243 e. The summed E-state index contributed by atoms with van der Waals surface area (Å²) >= 11 is 0. The van der Waals surface area contributed by atoms with Crippen LogP contribution in [0.3, 0.4) is 0 Å². The number of para-hydroxylation sites is 1. The van der Waals surface area contributed by atoms with Crippen molar-refractivity contribution in [2.24, 2.45) is 5.92 Å². The van der Waals surface area contributed by atoms with Crippen molar-refractivity contribution in [1.82, 2.24) is 4.31 Å². The van der Waals surface area contributed by atoms with Gasteiger partial charge in [-0.15, -0.1) is 0 Å². The number of hydrogen-bond donors (Lipinski definition) is 1. The van der Waals surface area contributed by atoms with Crippen LogP contribution in [-0.2, 0) is 19.6 Å². The first-order valence-corrected chi connectivity index (χ1v) is 12.7. The first kappa shape index (κ1) is 22.8. The fraction of sp³-hybridized carbons (Fsp3) is 0.458. The summed E-state index contributed by atoms with van der Waals surface area (Å²) in [5, 5.41) is 2.90. The molecule has 2 aromatic rings. The van der Waals surface area contributed by atoms with Crippen molar-refractivity contribution in [3.05, 3.63) is 48.5 Å². The Hall–Kier alpha value is -2.42. The molecule has 32 heavy (non-hydrogen) atoms. The molecule has 2 aliphatic rings. The van der Waals surface area contributed by atoms with E-state index >= 15 is 0 Å². The number of amides is 1. The highest BCUT2D eigenvalue weighted by molar-refractivity contribution is 7.89. The molecule has 1 saturated heterocycles. The molecule has 0 spiro atoms.